The maximum absolute atomic E-state index is 11.7. The Morgan fingerprint density at radius 1 is 1.42 bits per heavy atom. The van der Waals surface area contributed by atoms with E-state index < -0.39 is 0 Å². The standard InChI is InChI=1S/C14H26N4O/c1-14(2,7-8-15)6-5-13(19)16-9-3-11-18-12-4-10-17-18/h4,10,12H,3,5-9,11,15H2,1-2H3,(H,16,19). The number of rotatable bonds is 9. The molecule has 19 heavy (non-hydrogen) atoms. The topological polar surface area (TPSA) is 72.9 Å². The number of carbonyl (C=O) groups excluding carboxylic acids is 1. The fourth-order valence-corrected chi connectivity index (χ4v) is 1.96. The molecule has 1 rings (SSSR count). The molecule has 0 bridgehead atoms. The summed E-state index contributed by atoms with van der Waals surface area (Å²) in [6, 6.07) is 1.90. The Balaban J connectivity index is 2.08. The Labute approximate surface area is 115 Å². The summed E-state index contributed by atoms with van der Waals surface area (Å²) >= 11 is 0. The third-order valence-electron chi connectivity index (χ3n) is 3.30. The van der Waals surface area contributed by atoms with Crippen molar-refractivity contribution in [3.8, 4) is 0 Å². The summed E-state index contributed by atoms with van der Waals surface area (Å²) < 4.78 is 1.87. The second kappa shape index (κ2) is 7.94. The van der Waals surface area contributed by atoms with Gasteiger partial charge in [0.1, 0.15) is 0 Å². The minimum atomic E-state index is 0.130. The molecule has 0 aliphatic heterocycles. The SMILES string of the molecule is CC(C)(CCN)CCC(=O)NCCCn1cccn1. The molecule has 1 aromatic heterocycles. The lowest BCUT2D eigenvalue weighted by atomic mass is 9.84. The van der Waals surface area contributed by atoms with E-state index in [-0.39, 0.29) is 11.3 Å². The largest absolute Gasteiger partial charge is 0.356 e. The van der Waals surface area contributed by atoms with E-state index in [1.54, 1.807) is 6.20 Å². The summed E-state index contributed by atoms with van der Waals surface area (Å²) in [4.78, 5) is 11.7. The molecule has 0 fully saturated rings. The summed E-state index contributed by atoms with van der Waals surface area (Å²) in [5.74, 6) is 0.130. The molecule has 0 saturated carbocycles. The van der Waals surface area contributed by atoms with Crippen LogP contribution in [0.1, 0.15) is 39.5 Å². The highest BCUT2D eigenvalue weighted by Crippen LogP contribution is 2.25. The van der Waals surface area contributed by atoms with Crippen LogP contribution in [0, 0.1) is 5.41 Å². The molecule has 1 aromatic rings. The van der Waals surface area contributed by atoms with Crippen LogP contribution in [0.2, 0.25) is 0 Å². The van der Waals surface area contributed by atoms with Crippen molar-refractivity contribution < 1.29 is 4.79 Å². The number of hydrogen-bond donors (Lipinski definition) is 2. The third-order valence-corrected chi connectivity index (χ3v) is 3.30. The highest BCUT2D eigenvalue weighted by atomic mass is 16.1. The van der Waals surface area contributed by atoms with E-state index >= 15 is 0 Å². The Morgan fingerprint density at radius 2 is 2.21 bits per heavy atom. The molecule has 1 amide bonds. The van der Waals surface area contributed by atoms with Crippen LogP contribution in [0.15, 0.2) is 18.5 Å². The normalized spacial score (nSPS) is 11.5. The summed E-state index contributed by atoms with van der Waals surface area (Å²) in [6.45, 7) is 6.54. The Hall–Kier alpha value is -1.36. The molecule has 0 saturated heterocycles. The van der Waals surface area contributed by atoms with Gasteiger partial charge in [0.05, 0.1) is 0 Å². The summed E-state index contributed by atoms with van der Waals surface area (Å²) in [5, 5.41) is 7.06. The molecule has 0 aliphatic carbocycles. The number of hydrogen-bond acceptors (Lipinski definition) is 3. The maximum Gasteiger partial charge on any atom is 0.220 e. The van der Waals surface area contributed by atoms with Gasteiger partial charge in [-0.15, -0.1) is 0 Å². The highest BCUT2D eigenvalue weighted by molar-refractivity contribution is 5.75. The summed E-state index contributed by atoms with van der Waals surface area (Å²) in [6.07, 6.45) is 7.01. The second-order valence-corrected chi connectivity index (χ2v) is 5.68. The van der Waals surface area contributed by atoms with Crippen molar-refractivity contribution in [2.24, 2.45) is 11.1 Å². The molecule has 0 atom stereocenters. The van der Waals surface area contributed by atoms with E-state index in [0.29, 0.717) is 19.5 Å². The zero-order valence-corrected chi connectivity index (χ0v) is 12.1. The van der Waals surface area contributed by atoms with Crippen LogP contribution in [-0.2, 0) is 11.3 Å². The zero-order valence-electron chi connectivity index (χ0n) is 12.1. The quantitative estimate of drug-likeness (QED) is 0.666. The molecule has 5 nitrogen and oxygen atoms in total. The van der Waals surface area contributed by atoms with Crippen LogP contribution in [0.5, 0.6) is 0 Å². The van der Waals surface area contributed by atoms with Gasteiger partial charge in [0, 0.05) is 31.9 Å². The number of carbonyl (C=O) groups is 1. The molecule has 0 aromatic carbocycles. The first-order valence-corrected chi connectivity index (χ1v) is 6.98. The van der Waals surface area contributed by atoms with E-state index in [4.69, 9.17) is 5.73 Å². The van der Waals surface area contributed by atoms with Crippen molar-refractivity contribution >= 4 is 5.91 Å². The van der Waals surface area contributed by atoms with Gasteiger partial charge in [0.2, 0.25) is 5.91 Å². The fourth-order valence-electron chi connectivity index (χ4n) is 1.96. The van der Waals surface area contributed by atoms with E-state index in [0.717, 1.165) is 25.8 Å². The molecule has 0 aliphatic rings. The second-order valence-electron chi connectivity index (χ2n) is 5.68. The molecule has 0 spiro atoms. The monoisotopic (exact) mass is 266 g/mol. The van der Waals surface area contributed by atoms with Gasteiger partial charge in [-0.05, 0) is 37.3 Å². The van der Waals surface area contributed by atoms with Crippen LogP contribution in [0.3, 0.4) is 0 Å². The predicted molar refractivity (Wildman–Crippen MR) is 76.5 cm³/mol. The van der Waals surface area contributed by atoms with Gasteiger partial charge in [-0.2, -0.15) is 5.10 Å². The van der Waals surface area contributed by atoms with Crippen molar-refractivity contribution in [2.45, 2.75) is 46.1 Å². The molecule has 5 heteroatoms. The number of amides is 1. The van der Waals surface area contributed by atoms with Crippen LogP contribution in [0.25, 0.3) is 0 Å². The van der Waals surface area contributed by atoms with E-state index in [9.17, 15) is 4.79 Å². The number of nitrogens with two attached hydrogens (primary N) is 1. The van der Waals surface area contributed by atoms with Crippen molar-refractivity contribution in [2.75, 3.05) is 13.1 Å². The first-order chi connectivity index (χ1) is 9.03. The first kappa shape index (κ1) is 15.7. The molecular formula is C14H26N4O. The van der Waals surface area contributed by atoms with Gasteiger partial charge >= 0.3 is 0 Å². The van der Waals surface area contributed by atoms with Crippen molar-refractivity contribution in [1.29, 1.82) is 0 Å². The highest BCUT2D eigenvalue weighted by Gasteiger charge is 2.17. The number of nitrogens with zero attached hydrogens (tertiary/aromatic N) is 2. The minimum absolute atomic E-state index is 0.130. The van der Waals surface area contributed by atoms with Gasteiger partial charge in [-0.1, -0.05) is 13.8 Å². The van der Waals surface area contributed by atoms with Gasteiger partial charge in [-0.3, -0.25) is 9.48 Å². The summed E-state index contributed by atoms with van der Waals surface area (Å²) in [5.41, 5.74) is 5.71. The van der Waals surface area contributed by atoms with Crippen molar-refractivity contribution in [1.82, 2.24) is 15.1 Å². The third kappa shape index (κ3) is 6.96. The minimum Gasteiger partial charge on any atom is -0.356 e. The molecule has 3 N–H and O–H groups in total. The number of aromatic nitrogens is 2. The number of aryl methyl sites for hydroxylation is 1. The van der Waals surface area contributed by atoms with Crippen LogP contribution in [-0.4, -0.2) is 28.8 Å². The zero-order chi connectivity index (χ0) is 14.1. The van der Waals surface area contributed by atoms with Crippen LogP contribution >= 0.6 is 0 Å². The van der Waals surface area contributed by atoms with E-state index in [1.165, 1.54) is 0 Å². The van der Waals surface area contributed by atoms with Gasteiger partial charge in [0.15, 0.2) is 0 Å². The van der Waals surface area contributed by atoms with Gasteiger partial charge in [-0.25, -0.2) is 0 Å². The average Bonchev–Trinajstić information content (AvgIpc) is 2.85. The Bertz CT molecular complexity index is 360. The lowest BCUT2D eigenvalue weighted by Crippen LogP contribution is -2.27. The van der Waals surface area contributed by atoms with Crippen molar-refractivity contribution in [3.05, 3.63) is 18.5 Å². The van der Waals surface area contributed by atoms with Gasteiger partial charge in [0.25, 0.3) is 0 Å². The molecular weight excluding hydrogens is 240 g/mol. The van der Waals surface area contributed by atoms with Crippen LogP contribution in [0.4, 0.5) is 0 Å². The fraction of sp³-hybridized carbons (Fsp3) is 0.714. The molecule has 108 valence electrons. The lowest BCUT2D eigenvalue weighted by Gasteiger charge is -2.23. The van der Waals surface area contributed by atoms with E-state index in [2.05, 4.69) is 24.3 Å². The first-order valence-electron chi connectivity index (χ1n) is 6.98. The average molecular weight is 266 g/mol. The molecule has 0 radical (unpaired) electrons. The van der Waals surface area contributed by atoms with Crippen LogP contribution < -0.4 is 11.1 Å². The van der Waals surface area contributed by atoms with Gasteiger partial charge < -0.3 is 11.1 Å². The van der Waals surface area contributed by atoms with Crippen molar-refractivity contribution in [3.63, 3.8) is 0 Å². The number of nitrogens with one attached hydrogen (secondary N) is 1. The smallest absolute Gasteiger partial charge is 0.220 e. The Kier molecular flexibility index (Phi) is 6.56. The van der Waals surface area contributed by atoms with E-state index in [1.807, 2.05) is 16.9 Å². The lowest BCUT2D eigenvalue weighted by molar-refractivity contribution is -0.121. The maximum atomic E-state index is 11.7. The Morgan fingerprint density at radius 3 is 2.84 bits per heavy atom. The summed E-state index contributed by atoms with van der Waals surface area (Å²) in [7, 11) is 0. The molecule has 0 unspecified atom stereocenters. The molecule has 1 heterocycles. The predicted octanol–water partition coefficient (Wildman–Crippen LogP) is 1.54.